The van der Waals surface area contributed by atoms with E-state index in [4.69, 9.17) is 4.74 Å². The van der Waals surface area contributed by atoms with E-state index >= 15 is 0 Å². The molecule has 0 unspecified atom stereocenters. The van der Waals surface area contributed by atoms with Crippen molar-refractivity contribution in [3.05, 3.63) is 64.7 Å². The maximum atomic E-state index is 12.9. The van der Waals surface area contributed by atoms with Gasteiger partial charge in [-0.2, -0.15) is 0 Å². The molecule has 1 N–H and O–H groups in total. The molecular formula is C24H39F2NO2. The molecule has 1 amide bonds. The van der Waals surface area contributed by atoms with E-state index in [1.807, 2.05) is 27.7 Å². The number of carbonyl (C=O) groups excluding carboxylic acids is 1. The number of ether oxygens (including phenoxy) is 1. The summed E-state index contributed by atoms with van der Waals surface area (Å²) in [4.78, 5) is 11.0. The van der Waals surface area contributed by atoms with Gasteiger partial charge in [-0.1, -0.05) is 60.1 Å². The normalized spacial score (nSPS) is 8.28. The lowest BCUT2D eigenvalue weighted by Crippen LogP contribution is -2.17. The van der Waals surface area contributed by atoms with Crippen molar-refractivity contribution in [3.8, 4) is 5.75 Å². The maximum absolute atomic E-state index is 12.9. The highest BCUT2D eigenvalue weighted by atomic mass is 19.1. The lowest BCUT2D eigenvalue weighted by atomic mass is 10.1. The first-order valence-corrected chi connectivity index (χ1v) is 10.1. The average Bonchev–Trinajstić information content (AvgIpc) is 2.75. The van der Waals surface area contributed by atoms with Gasteiger partial charge >= 0.3 is 0 Å². The average molecular weight is 412 g/mol. The highest BCUT2D eigenvalue weighted by molar-refractivity contribution is 5.94. The Morgan fingerprint density at radius 3 is 1.86 bits per heavy atom. The maximum Gasteiger partial charge on any atom is 0.251 e. The van der Waals surface area contributed by atoms with Gasteiger partial charge in [0.1, 0.15) is 5.82 Å². The molecule has 2 aromatic carbocycles. The van der Waals surface area contributed by atoms with Crippen molar-refractivity contribution in [2.45, 2.75) is 61.8 Å². The Bertz CT molecular complexity index is 674. The summed E-state index contributed by atoms with van der Waals surface area (Å²) in [6.45, 7) is 15.6. The van der Waals surface area contributed by atoms with Crippen LogP contribution in [-0.2, 0) is 0 Å². The Hall–Kier alpha value is -2.43. The SMILES string of the molecule is CC.CC.CCC.CNC(=O)c1ccc(F)c(C)c1.COc1cccc(C)c1F. The van der Waals surface area contributed by atoms with Crippen molar-refractivity contribution in [1.82, 2.24) is 5.32 Å². The second-order valence-corrected chi connectivity index (χ2v) is 5.34. The number of hydrogen-bond acceptors (Lipinski definition) is 2. The molecule has 2 aromatic rings. The minimum atomic E-state index is -0.289. The summed E-state index contributed by atoms with van der Waals surface area (Å²) >= 11 is 0. The number of halogens is 2. The Morgan fingerprint density at radius 2 is 1.48 bits per heavy atom. The number of carbonyl (C=O) groups is 1. The van der Waals surface area contributed by atoms with Crippen molar-refractivity contribution in [3.63, 3.8) is 0 Å². The number of nitrogens with one attached hydrogen (secondary N) is 1. The topological polar surface area (TPSA) is 38.3 Å². The van der Waals surface area contributed by atoms with Gasteiger partial charge in [0.05, 0.1) is 7.11 Å². The lowest BCUT2D eigenvalue weighted by Gasteiger charge is -2.01. The predicted octanol–water partition coefficient (Wildman–Crippen LogP) is 7.11. The standard InChI is InChI=1S/C9H10FNO.C8H9FO.C3H8.2C2H6/c1-6-5-7(9(12)11-2)3-4-8(6)10;1-6-4-3-5-7(10-2)8(6)9;1-3-2;2*1-2/h3-5H,1-2H3,(H,11,12);3-5H,1-2H3;3H2,1-2H3;2*1-2H3. The molecule has 29 heavy (non-hydrogen) atoms. The zero-order chi connectivity index (χ0) is 23.4. The van der Waals surface area contributed by atoms with E-state index in [1.165, 1.54) is 31.7 Å². The van der Waals surface area contributed by atoms with E-state index in [2.05, 4.69) is 19.2 Å². The Balaban J connectivity index is -0.000000360. The molecule has 0 aromatic heterocycles. The third kappa shape index (κ3) is 13.4. The number of aryl methyl sites for hydroxylation is 2. The van der Waals surface area contributed by atoms with Gasteiger partial charge in [0.2, 0.25) is 0 Å². The molecule has 3 nitrogen and oxygen atoms in total. The molecule has 0 aliphatic rings. The van der Waals surface area contributed by atoms with Crippen LogP contribution >= 0.6 is 0 Å². The van der Waals surface area contributed by atoms with E-state index in [9.17, 15) is 13.6 Å². The van der Waals surface area contributed by atoms with Crippen LogP contribution in [0.5, 0.6) is 5.75 Å². The molecule has 2 rings (SSSR count). The van der Waals surface area contributed by atoms with Gasteiger partial charge in [0, 0.05) is 12.6 Å². The Kier molecular flexibility index (Phi) is 21.9. The molecule has 0 aliphatic carbocycles. The fraction of sp³-hybridized carbons (Fsp3) is 0.458. The molecule has 166 valence electrons. The summed E-state index contributed by atoms with van der Waals surface area (Å²) in [6, 6.07) is 9.34. The van der Waals surface area contributed by atoms with Gasteiger partial charge in [-0.05, 0) is 49.2 Å². The zero-order valence-electron chi connectivity index (χ0n) is 19.7. The first kappa shape index (κ1) is 31.3. The first-order chi connectivity index (χ1) is 13.8. The largest absolute Gasteiger partial charge is 0.494 e. The molecule has 0 saturated carbocycles. The fourth-order valence-corrected chi connectivity index (χ4v) is 1.71. The van der Waals surface area contributed by atoms with Crippen LogP contribution in [0.25, 0.3) is 0 Å². The monoisotopic (exact) mass is 411 g/mol. The van der Waals surface area contributed by atoms with Crippen LogP contribution in [0.3, 0.4) is 0 Å². The fourth-order valence-electron chi connectivity index (χ4n) is 1.71. The van der Waals surface area contributed by atoms with E-state index in [1.54, 1.807) is 39.1 Å². The highest BCUT2D eigenvalue weighted by Crippen LogP contribution is 2.18. The molecule has 0 spiro atoms. The minimum Gasteiger partial charge on any atom is -0.494 e. The predicted molar refractivity (Wildman–Crippen MR) is 121 cm³/mol. The molecule has 0 heterocycles. The van der Waals surface area contributed by atoms with Crippen LogP contribution in [0.4, 0.5) is 8.78 Å². The van der Waals surface area contributed by atoms with Gasteiger partial charge in [-0.3, -0.25) is 4.79 Å². The summed E-state index contributed by atoms with van der Waals surface area (Å²) in [5.74, 6) is -0.453. The quantitative estimate of drug-likeness (QED) is 0.572. The lowest BCUT2D eigenvalue weighted by molar-refractivity contribution is 0.0963. The van der Waals surface area contributed by atoms with Crippen molar-refractivity contribution in [1.29, 1.82) is 0 Å². The van der Waals surface area contributed by atoms with Crippen LogP contribution in [0.2, 0.25) is 0 Å². The number of methoxy groups -OCH3 is 1. The second kappa shape index (κ2) is 20.3. The smallest absolute Gasteiger partial charge is 0.251 e. The summed E-state index contributed by atoms with van der Waals surface area (Å²) in [5.41, 5.74) is 1.58. The molecule has 0 fully saturated rings. The summed E-state index contributed by atoms with van der Waals surface area (Å²) in [7, 11) is 3.00. The Morgan fingerprint density at radius 1 is 0.966 bits per heavy atom. The van der Waals surface area contributed by atoms with Gasteiger partial charge in [-0.25, -0.2) is 8.78 Å². The molecule has 0 bridgehead atoms. The molecular weight excluding hydrogens is 372 g/mol. The molecule has 0 radical (unpaired) electrons. The van der Waals surface area contributed by atoms with Gasteiger partial charge in [0.25, 0.3) is 5.91 Å². The van der Waals surface area contributed by atoms with E-state index < -0.39 is 0 Å². The number of rotatable bonds is 2. The third-order valence-corrected chi connectivity index (χ3v) is 3.02. The zero-order valence-corrected chi connectivity index (χ0v) is 19.7. The van der Waals surface area contributed by atoms with Crippen LogP contribution in [0.1, 0.15) is 69.4 Å². The summed E-state index contributed by atoms with van der Waals surface area (Å²) in [5, 5.41) is 2.47. The van der Waals surface area contributed by atoms with Gasteiger partial charge in [0.15, 0.2) is 11.6 Å². The van der Waals surface area contributed by atoms with Crippen LogP contribution < -0.4 is 10.1 Å². The minimum absolute atomic E-state index is 0.196. The molecule has 0 atom stereocenters. The molecule has 0 aliphatic heterocycles. The number of hydrogen-bond donors (Lipinski definition) is 1. The first-order valence-electron chi connectivity index (χ1n) is 10.1. The van der Waals surface area contributed by atoms with Crippen LogP contribution in [-0.4, -0.2) is 20.1 Å². The van der Waals surface area contributed by atoms with Gasteiger partial charge < -0.3 is 10.1 Å². The Labute approximate surface area is 176 Å². The van der Waals surface area contributed by atoms with Crippen LogP contribution in [0, 0.1) is 25.5 Å². The van der Waals surface area contributed by atoms with Crippen molar-refractivity contribution >= 4 is 5.91 Å². The summed E-state index contributed by atoms with van der Waals surface area (Å²) < 4.78 is 30.4. The van der Waals surface area contributed by atoms with Gasteiger partial charge in [-0.15, -0.1) is 0 Å². The third-order valence-electron chi connectivity index (χ3n) is 3.02. The molecule has 0 saturated heterocycles. The molecule has 5 heteroatoms. The van der Waals surface area contributed by atoms with Crippen molar-refractivity contribution < 1.29 is 18.3 Å². The highest BCUT2D eigenvalue weighted by Gasteiger charge is 2.04. The number of benzene rings is 2. The van der Waals surface area contributed by atoms with Crippen molar-refractivity contribution in [2.24, 2.45) is 0 Å². The van der Waals surface area contributed by atoms with E-state index in [0.29, 0.717) is 22.4 Å². The van der Waals surface area contributed by atoms with E-state index in [-0.39, 0.29) is 17.5 Å². The number of amides is 1. The van der Waals surface area contributed by atoms with E-state index in [0.717, 1.165) is 0 Å². The second-order valence-electron chi connectivity index (χ2n) is 5.34. The van der Waals surface area contributed by atoms with Crippen molar-refractivity contribution in [2.75, 3.05) is 14.2 Å². The van der Waals surface area contributed by atoms with Crippen LogP contribution in [0.15, 0.2) is 36.4 Å². The summed E-state index contributed by atoms with van der Waals surface area (Å²) in [6.07, 6.45) is 1.25.